The summed E-state index contributed by atoms with van der Waals surface area (Å²) in [6.45, 7) is 0. The summed E-state index contributed by atoms with van der Waals surface area (Å²) >= 11 is 6.12. The SMILES string of the molecule is O=C1C=C(c2ccc([N+](=O)[O-])cc2O)NC2C(c3ccc(Cl)cc3)C(Cc3ccccc3)NN12. The topological polar surface area (TPSA) is 108 Å². The van der Waals surface area contributed by atoms with Crippen molar-refractivity contribution in [2.24, 2.45) is 0 Å². The van der Waals surface area contributed by atoms with Crippen molar-refractivity contribution in [3.8, 4) is 5.75 Å². The Bertz CT molecular complexity index is 1280. The average molecular weight is 477 g/mol. The highest BCUT2D eigenvalue weighted by Gasteiger charge is 2.46. The molecule has 0 radical (unpaired) electrons. The molecule has 172 valence electrons. The second-order valence-corrected chi connectivity index (χ2v) is 8.75. The molecule has 1 saturated heterocycles. The van der Waals surface area contributed by atoms with Crippen molar-refractivity contribution in [3.05, 3.63) is 111 Å². The molecule has 0 bridgehead atoms. The quantitative estimate of drug-likeness (QED) is 0.380. The number of nitro groups is 1. The van der Waals surface area contributed by atoms with E-state index in [9.17, 15) is 20.0 Å². The molecule has 8 nitrogen and oxygen atoms in total. The summed E-state index contributed by atoms with van der Waals surface area (Å²) in [4.78, 5) is 23.6. The number of phenolic OH excluding ortho intramolecular Hbond substituents is 1. The normalized spacial score (nSPS) is 21.6. The number of non-ortho nitro benzene ring substituents is 1. The number of nitro benzene ring substituents is 1. The van der Waals surface area contributed by atoms with Crippen LogP contribution in [-0.2, 0) is 11.2 Å². The van der Waals surface area contributed by atoms with Crippen molar-refractivity contribution in [3.63, 3.8) is 0 Å². The Kier molecular flexibility index (Phi) is 5.69. The minimum Gasteiger partial charge on any atom is -0.507 e. The fourth-order valence-corrected chi connectivity index (χ4v) is 4.75. The maximum Gasteiger partial charge on any atom is 0.273 e. The number of aromatic hydroxyl groups is 1. The Morgan fingerprint density at radius 2 is 1.79 bits per heavy atom. The number of nitrogens with zero attached hydrogens (tertiary/aromatic N) is 2. The van der Waals surface area contributed by atoms with Crippen LogP contribution >= 0.6 is 11.6 Å². The van der Waals surface area contributed by atoms with Crippen LogP contribution in [0.2, 0.25) is 5.02 Å². The lowest BCUT2D eigenvalue weighted by molar-refractivity contribution is -0.384. The Morgan fingerprint density at radius 3 is 2.47 bits per heavy atom. The van der Waals surface area contributed by atoms with Gasteiger partial charge in [0.15, 0.2) is 0 Å². The molecule has 34 heavy (non-hydrogen) atoms. The largest absolute Gasteiger partial charge is 0.507 e. The molecular formula is C25H21ClN4O4. The molecule has 3 aromatic rings. The third-order valence-corrected chi connectivity index (χ3v) is 6.45. The molecule has 0 saturated carbocycles. The lowest BCUT2D eigenvalue weighted by Crippen LogP contribution is -2.52. The standard InChI is InChI=1S/C25H21ClN4O4/c26-17-8-6-16(7-9-17)24-21(12-15-4-2-1-3-5-15)28-29-23(32)14-20(27-25(24)29)19-11-10-18(30(33)34)13-22(19)31/h1-11,13-14,21,24-25,27-28,31H,12H2. The molecule has 3 N–H and O–H groups in total. The van der Waals surface area contributed by atoms with E-state index in [0.29, 0.717) is 22.7 Å². The van der Waals surface area contributed by atoms with Crippen molar-refractivity contribution in [1.82, 2.24) is 15.8 Å². The van der Waals surface area contributed by atoms with Crippen LogP contribution in [0.25, 0.3) is 5.70 Å². The number of nitrogens with one attached hydrogen (secondary N) is 2. The zero-order valence-corrected chi connectivity index (χ0v) is 18.6. The van der Waals surface area contributed by atoms with Gasteiger partial charge in [0.25, 0.3) is 11.6 Å². The van der Waals surface area contributed by atoms with Crippen LogP contribution in [-0.4, -0.2) is 33.2 Å². The predicted molar refractivity (Wildman–Crippen MR) is 128 cm³/mol. The smallest absolute Gasteiger partial charge is 0.273 e. The van der Waals surface area contributed by atoms with Gasteiger partial charge in [-0.2, -0.15) is 0 Å². The van der Waals surface area contributed by atoms with Crippen molar-refractivity contribution in [1.29, 1.82) is 0 Å². The summed E-state index contributed by atoms with van der Waals surface area (Å²) in [6, 6.07) is 21.3. The Labute approximate surface area is 200 Å². The summed E-state index contributed by atoms with van der Waals surface area (Å²) in [6.07, 6.45) is 1.62. The van der Waals surface area contributed by atoms with E-state index in [-0.39, 0.29) is 29.3 Å². The molecule has 1 amide bonds. The van der Waals surface area contributed by atoms with Gasteiger partial charge in [0, 0.05) is 34.7 Å². The summed E-state index contributed by atoms with van der Waals surface area (Å²) in [5, 5.41) is 27.0. The monoisotopic (exact) mass is 476 g/mol. The van der Waals surface area contributed by atoms with E-state index < -0.39 is 11.1 Å². The van der Waals surface area contributed by atoms with Crippen LogP contribution in [0.1, 0.15) is 22.6 Å². The van der Waals surface area contributed by atoms with Gasteiger partial charge in [-0.1, -0.05) is 54.1 Å². The number of hydrazine groups is 1. The van der Waals surface area contributed by atoms with E-state index in [2.05, 4.69) is 10.7 Å². The van der Waals surface area contributed by atoms with Crippen molar-refractivity contribution >= 4 is 28.9 Å². The van der Waals surface area contributed by atoms with Gasteiger partial charge >= 0.3 is 0 Å². The Hall–Kier alpha value is -3.88. The minimum absolute atomic E-state index is 0.0942. The second-order valence-electron chi connectivity index (χ2n) is 8.32. The van der Waals surface area contributed by atoms with Crippen molar-refractivity contribution < 1.29 is 14.8 Å². The first-order valence-corrected chi connectivity index (χ1v) is 11.1. The second kappa shape index (κ2) is 8.81. The fourth-order valence-electron chi connectivity index (χ4n) is 4.63. The van der Waals surface area contributed by atoms with Gasteiger partial charge in [-0.15, -0.1) is 0 Å². The molecular weight excluding hydrogens is 456 g/mol. The molecule has 3 atom stereocenters. The van der Waals surface area contributed by atoms with Gasteiger partial charge in [-0.25, -0.2) is 5.43 Å². The van der Waals surface area contributed by atoms with Crippen LogP contribution in [0.15, 0.2) is 78.9 Å². The molecule has 2 aliphatic heterocycles. The fraction of sp³-hybridized carbons (Fsp3) is 0.160. The van der Waals surface area contributed by atoms with Crippen molar-refractivity contribution in [2.75, 3.05) is 0 Å². The molecule has 1 fully saturated rings. The van der Waals surface area contributed by atoms with Gasteiger partial charge in [0.1, 0.15) is 11.9 Å². The number of carbonyl (C=O) groups is 1. The van der Waals surface area contributed by atoms with Crippen LogP contribution in [0, 0.1) is 10.1 Å². The predicted octanol–water partition coefficient (Wildman–Crippen LogP) is 3.97. The number of benzene rings is 3. The first-order valence-electron chi connectivity index (χ1n) is 10.8. The van der Waals surface area contributed by atoms with Gasteiger partial charge < -0.3 is 10.4 Å². The maximum absolute atomic E-state index is 13.1. The van der Waals surface area contributed by atoms with Gasteiger partial charge in [0.05, 0.1) is 16.7 Å². The molecule has 0 aliphatic carbocycles. The number of carbonyl (C=O) groups excluding carboxylic acids is 1. The van der Waals surface area contributed by atoms with Crippen LogP contribution in [0.4, 0.5) is 5.69 Å². The van der Waals surface area contributed by atoms with Gasteiger partial charge in [0.2, 0.25) is 0 Å². The third kappa shape index (κ3) is 4.09. The number of amides is 1. The zero-order chi connectivity index (χ0) is 23.8. The lowest BCUT2D eigenvalue weighted by atomic mass is 9.86. The highest BCUT2D eigenvalue weighted by atomic mass is 35.5. The molecule has 3 aromatic carbocycles. The maximum atomic E-state index is 13.1. The van der Waals surface area contributed by atoms with E-state index in [1.165, 1.54) is 18.2 Å². The number of hydrogen-bond acceptors (Lipinski definition) is 6. The molecule has 2 heterocycles. The summed E-state index contributed by atoms with van der Waals surface area (Å²) < 4.78 is 0. The number of fused-ring (bicyclic) bond motifs is 1. The Morgan fingerprint density at radius 1 is 1.06 bits per heavy atom. The summed E-state index contributed by atoms with van der Waals surface area (Å²) in [5.41, 5.74) is 5.98. The number of halogens is 1. The molecule has 3 unspecified atom stereocenters. The summed E-state index contributed by atoms with van der Waals surface area (Å²) in [5.74, 6) is -0.680. The molecule has 0 spiro atoms. The van der Waals surface area contributed by atoms with E-state index >= 15 is 0 Å². The molecule has 0 aromatic heterocycles. The first kappa shape index (κ1) is 21.9. The minimum atomic E-state index is -0.579. The van der Waals surface area contributed by atoms with E-state index in [4.69, 9.17) is 11.6 Å². The third-order valence-electron chi connectivity index (χ3n) is 6.20. The molecule has 2 aliphatic rings. The molecule has 5 rings (SSSR count). The van der Waals surface area contributed by atoms with Gasteiger partial charge in [-0.3, -0.25) is 19.9 Å². The van der Waals surface area contributed by atoms with Crippen LogP contribution < -0.4 is 10.7 Å². The van der Waals surface area contributed by atoms with E-state index in [1.54, 1.807) is 5.01 Å². The van der Waals surface area contributed by atoms with Gasteiger partial charge in [-0.05, 0) is 35.7 Å². The average Bonchev–Trinajstić information content (AvgIpc) is 3.18. The lowest BCUT2D eigenvalue weighted by Gasteiger charge is -2.33. The summed E-state index contributed by atoms with van der Waals surface area (Å²) in [7, 11) is 0. The number of phenols is 1. The van der Waals surface area contributed by atoms with Crippen molar-refractivity contribution in [2.45, 2.75) is 24.5 Å². The zero-order valence-electron chi connectivity index (χ0n) is 17.9. The van der Waals surface area contributed by atoms with E-state index in [1.807, 2.05) is 54.6 Å². The first-order chi connectivity index (χ1) is 16.4. The highest BCUT2D eigenvalue weighted by molar-refractivity contribution is 6.30. The molecule has 9 heteroatoms. The number of hydrogen-bond donors (Lipinski definition) is 3. The number of rotatable bonds is 5. The van der Waals surface area contributed by atoms with Crippen LogP contribution in [0.5, 0.6) is 5.75 Å². The highest BCUT2D eigenvalue weighted by Crippen LogP contribution is 2.38. The van der Waals surface area contributed by atoms with E-state index in [0.717, 1.165) is 17.2 Å². The van der Waals surface area contributed by atoms with Crippen LogP contribution in [0.3, 0.4) is 0 Å². The Balaban J connectivity index is 1.50.